The number of nitrogens with zero attached hydrogens (tertiary/aromatic N) is 1. The van der Waals surface area contributed by atoms with Crippen molar-refractivity contribution < 1.29 is 5.11 Å². The Balaban J connectivity index is 1.92. The van der Waals surface area contributed by atoms with Gasteiger partial charge in [0.2, 0.25) is 0 Å². The number of hydrogen-bond donors (Lipinski definition) is 1. The third kappa shape index (κ3) is 2.43. The summed E-state index contributed by atoms with van der Waals surface area (Å²) in [5, 5.41) is 14.1. The van der Waals surface area contributed by atoms with Crippen LogP contribution in [0.2, 0.25) is 0 Å². The van der Waals surface area contributed by atoms with E-state index in [1.807, 2.05) is 12.1 Å². The van der Waals surface area contributed by atoms with Crippen LogP contribution in [0.3, 0.4) is 0 Å². The third-order valence-corrected chi connectivity index (χ3v) is 6.79. The lowest BCUT2D eigenvalue weighted by Crippen LogP contribution is -2.43. The molecule has 4 rings (SSSR count). The average molecular weight is 390 g/mol. The van der Waals surface area contributed by atoms with Gasteiger partial charge in [0.05, 0.1) is 0 Å². The highest BCUT2D eigenvalue weighted by Gasteiger charge is 2.45. The van der Waals surface area contributed by atoms with Crippen LogP contribution in [-0.2, 0) is 5.60 Å². The molecule has 1 fully saturated rings. The molecule has 4 heteroatoms. The zero-order valence-electron chi connectivity index (χ0n) is 13.1. The Hall–Kier alpha value is -0.940. The van der Waals surface area contributed by atoms with E-state index in [9.17, 15) is 5.11 Å². The molecule has 1 aliphatic heterocycles. The van der Waals surface area contributed by atoms with Crippen LogP contribution >= 0.6 is 27.3 Å². The number of hydrogen-bond acceptors (Lipinski definition) is 3. The van der Waals surface area contributed by atoms with Gasteiger partial charge in [-0.05, 0) is 67.5 Å². The van der Waals surface area contributed by atoms with E-state index in [1.54, 1.807) is 11.3 Å². The molecule has 1 unspecified atom stereocenters. The van der Waals surface area contributed by atoms with Crippen molar-refractivity contribution in [2.75, 3.05) is 20.1 Å². The highest BCUT2D eigenvalue weighted by atomic mass is 79.9. The van der Waals surface area contributed by atoms with Gasteiger partial charge in [0.1, 0.15) is 5.60 Å². The lowest BCUT2D eigenvalue weighted by Gasteiger charge is -2.41. The molecule has 1 atom stereocenters. The number of halogens is 1. The van der Waals surface area contributed by atoms with Gasteiger partial charge in [0, 0.05) is 14.9 Å². The molecule has 23 heavy (non-hydrogen) atoms. The van der Waals surface area contributed by atoms with Gasteiger partial charge in [-0.15, -0.1) is 11.3 Å². The fourth-order valence-corrected chi connectivity index (χ4v) is 5.59. The first kappa shape index (κ1) is 15.6. The van der Waals surface area contributed by atoms with Crippen LogP contribution in [0.1, 0.15) is 34.4 Å². The van der Waals surface area contributed by atoms with Gasteiger partial charge in [-0.3, -0.25) is 0 Å². The number of piperidine rings is 1. The second-order valence-electron chi connectivity index (χ2n) is 6.58. The number of thiophene rings is 1. The van der Waals surface area contributed by atoms with Crippen LogP contribution in [0, 0.1) is 5.92 Å². The molecule has 1 saturated heterocycles. The summed E-state index contributed by atoms with van der Waals surface area (Å²) in [5.74, 6) is 0.250. The number of fused-ring (bicyclic) bond motifs is 2. The second kappa shape index (κ2) is 5.85. The zero-order valence-corrected chi connectivity index (χ0v) is 15.5. The molecular weight excluding hydrogens is 370 g/mol. The predicted octanol–water partition coefficient (Wildman–Crippen LogP) is 4.53. The number of rotatable bonds is 1. The van der Waals surface area contributed by atoms with Gasteiger partial charge in [-0.2, -0.15) is 0 Å². The Morgan fingerprint density at radius 1 is 1.17 bits per heavy atom. The maximum absolute atomic E-state index is 12.0. The Kier molecular flexibility index (Phi) is 3.96. The van der Waals surface area contributed by atoms with Crippen molar-refractivity contribution in [2.24, 2.45) is 5.92 Å². The van der Waals surface area contributed by atoms with E-state index < -0.39 is 5.60 Å². The highest BCUT2D eigenvalue weighted by molar-refractivity contribution is 9.15. The van der Waals surface area contributed by atoms with Gasteiger partial charge in [0.25, 0.3) is 0 Å². The molecule has 0 radical (unpaired) electrons. The molecule has 2 aromatic rings. The monoisotopic (exact) mass is 389 g/mol. The van der Waals surface area contributed by atoms with E-state index in [-0.39, 0.29) is 5.92 Å². The van der Waals surface area contributed by atoms with E-state index in [0.29, 0.717) is 0 Å². The Labute approximate surface area is 149 Å². The van der Waals surface area contributed by atoms with E-state index in [1.165, 1.54) is 0 Å². The first-order chi connectivity index (χ1) is 11.1. The minimum Gasteiger partial charge on any atom is -0.380 e. The summed E-state index contributed by atoms with van der Waals surface area (Å²) in [7, 11) is 2.16. The van der Waals surface area contributed by atoms with E-state index in [2.05, 4.69) is 57.5 Å². The molecule has 0 spiro atoms. The maximum Gasteiger partial charge on any atom is 0.119 e. The molecule has 0 saturated carbocycles. The van der Waals surface area contributed by atoms with Crippen molar-refractivity contribution in [3.05, 3.63) is 57.3 Å². The van der Waals surface area contributed by atoms with Crippen LogP contribution in [-0.4, -0.2) is 30.1 Å². The molecule has 1 aromatic heterocycles. The van der Waals surface area contributed by atoms with Gasteiger partial charge >= 0.3 is 0 Å². The summed E-state index contributed by atoms with van der Waals surface area (Å²) >= 11 is 5.43. The smallest absolute Gasteiger partial charge is 0.119 e. The van der Waals surface area contributed by atoms with Crippen LogP contribution in [0.25, 0.3) is 10.6 Å². The summed E-state index contributed by atoms with van der Waals surface area (Å²) in [6, 6.07) is 10.4. The lowest BCUT2D eigenvalue weighted by molar-refractivity contribution is -0.0107. The quantitative estimate of drug-likeness (QED) is 0.773. The summed E-state index contributed by atoms with van der Waals surface area (Å²) in [4.78, 5) is 3.51. The number of aliphatic hydroxyl groups is 1. The fourth-order valence-electron chi connectivity index (χ4n) is 3.98. The molecule has 1 aromatic carbocycles. The normalized spacial score (nSPS) is 25.4. The van der Waals surface area contributed by atoms with Gasteiger partial charge in [0.15, 0.2) is 0 Å². The van der Waals surface area contributed by atoms with E-state index in [0.717, 1.165) is 52.0 Å². The minimum absolute atomic E-state index is 0.250. The molecular formula is C19H20BrNOS. The SMILES string of the molecule is CN1CCC(C2(O)c3ccccc3C(Br)=Cc3sccc32)CC1. The van der Waals surface area contributed by atoms with E-state index >= 15 is 0 Å². The summed E-state index contributed by atoms with van der Waals surface area (Å²) in [6.45, 7) is 2.09. The Morgan fingerprint density at radius 2 is 1.91 bits per heavy atom. The maximum atomic E-state index is 12.0. The van der Waals surface area contributed by atoms with Gasteiger partial charge in [-0.25, -0.2) is 0 Å². The highest BCUT2D eigenvalue weighted by Crippen LogP contribution is 2.50. The molecule has 0 amide bonds. The lowest BCUT2D eigenvalue weighted by atomic mass is 9.71. The Morgan fingerprint density at radius 3 is 2.70 bits per heavy atom. The molecule has 0 bridgehead atoms. The van der Waals surface area contributed by atoms with Crippen LogP contribution in [0.15, 0.2) is 35.7 Å². The summed E-state index contributed by atoms with van der Waals surface area (Å²) in [5.41, 5.74) is 2.31. The van der Waals surface area contributed by atoms with Crippen LogP contribution < -0.4 is 0 Å². The molecule has 1 N–H and O–H groups in total. The second-order valence-corrected chi connectivity index (χ2v) is 8.38. The topological polar surface area (TPSA) is 23.5 Å². The first-order valence-electron chi connectivity index (χ1n) is 8.06. The first-order valence-corrected chi connectivity index (χ1v) is 9.74. The number of likely N-dealkylation sites (tertiary alicyclic amines) is 1. The molecule has 120 valence electrons. The predicted molar refractivity (Wildman–Crippen MR) is 101 cm³/mol. The summed E-state index contributed by atoms with van der Waals surface area (Å²) < 4.78 is 1.06. The van der Waals surface area contributed by atoms with Crippen molar-refractivity contribution >= 4 is 37.8 Å². The van der Waals surface area contributed by atoms with Crippen LogP contribution in [0.5, 0.6) is 0 Å². The molecule has 2 aliphatic rings. The van der Waals surface area contributed by atoms with Crippen molar-refractivity contribution in [3.63, 3.8) is 0 Å². The van der Waals surface area contributed by atoms with E-state index in [4.69, 9.17) is 0 Å². The standard InChI is InChI=1S/C19H20BrNOS/c1-21-9-6-13(7-10-21)19(22)15-5-3-2-4-14(15)17(20)12-18-16(19)8-11-23-18/h2-5,8,11-13,22H,6-7,9-10H2,1H3. The third-order valence-electron chi connectivity index (χ3n) is 5.27. The zero-order chi connectivity index (χ0) is 16.0. The van der Waals surface area contributed by atoms with Gasteiger partial charge < -0.3 is 10.0 Å². The fraction of sp³-hybridized carbons (Fsp3) is 0.368. The van der Waals surface area contributed by atoms with Crippen molar-refractivity contribution in [3.8, 4) is 0 Å². The molecule has 1 aliphatic carbocycles. The van der Waals surface area contributed by atoms with Crippen molar-refractivity contribution in [1.82, 2.24) is 4.90 Å². The van der Waals surface area contributed by atoms with Crippen molar-refractivity contribution in [1.29, 1.82) is 0 Å². The Bertz CT molecular complexity index is 760. The van der Waals surface area contributed by atoms with Crippen molar-refractivity contribution in [2.45, 2.75) is 18.4 Å². The average Bonchev–Trinajstić information content (AvgIpc) is 3.00. The van der Waals surface area contributed by atoms with Crippen LogP contribution in [0.4, 0.5) is 0 Å². The van der Waals surface area contributed by atoms with Gasteiger partial charge in [-0.1, -0.05) is 40.2 Å². The molecule has 2 nitrogen and oxygen atoms in total. The summed E-state index contributed by atoms with van der Waals surface area (Å²) in [6.07, 6.45) is 4.20. The minimum atomic E-state index is -0.904. The number of benzene rings is 1. The largest absolute Gasteiger partial charge is 0.380 e. The molecule has 2 heterocycles.